The summed E-state index contributed by atoms with van der Waals surface area (Å²) in [4.78, 5) is 39.2. The Morgan fingerprint density at radius 2 is 1.79 bits per heavy atom. The van der Waals surface area contributed by atoms with E-state index in [1.807, 2.05) is 4.90 Å². The number of amides is 2. The number of carbonyl (C=O) groups excluding carboxylic acids is 2. The minimum Gasteiger partial charge on any atom is -0.398 e. The molecule has 0 radical (unpaired) electrons. The maximum Gasteiger partial charge on any atom is 0.272 e. The molecule has 2 heterocycles. The van der Waals surface area contributed by atoms with Crippen molar-refractivity contribution in [1.82, 2.24) is 20.4 Å². The third kappa shape index (κ3) is 5.09. The van der Waals surface area contributed by atoms with E-state index in [1.54, 1.807) is 53.4 Å². The second-order valence-electron chi connectivity index (χ2n) is 7.80. The van der Waals surface area contributed by atoms with Crippen molar-refractivity contribution >= 4 is 29.0 Å². The van der Waals surface area contributed by atoms with Crippen molar-refractivity contribution in [2.24, 2.45) is 0 Å². The minimum atomic E-state index is -0.478. The van der Waals surface area contributed by atoms with Gasteiger partial charge in [-0.3, -0.25) is 19.7 Å². The summed E-state index contributed by atoms with van der Waals surface area (Å²) in [7, 11) is 0. The molecule has 1 aromatic heterocycles. The number of nitrogens with one attached hydrogen (secondary N) is 1. The smallest absolute Gasteiger partial charge is 0.272 e. The number of carbonyl (C=O) groups is 2. The van der Waals surface area contributed by atoms with Crippen LogP contribution in [0.15, 0.2) is 60.7 Å². The zero-order chi connectivity index (χ0) is 24.1. The summed E-state index contributed by atoms with van der Waals surface area (Å²) < 4.78 is 0. The molecule has 2 amide bonds. The number of rotatable bonds is 6. The molecule has 0 saturated carbocycles. The maximum absolute atomic E-state index is 12.9. The topological polar surface area (TPSA) is 148 Å². The fraction of sp³-hybridized carbons (Fsp3) is 0.217. The molecule has 11 nitrogen and oxygen atoms in total. The Bertz CT molecular complexity index is 1200. The van der Waals surface area contributed by atoms with Crippen LogP contribution in [0.4, 0.5) is 17.2 Å². The quantitative estimate of drug-likeness (QED) is 0.322. The molecular formula is C23H23N7O4. The van der Waals surface area contributed by atoms with Crippen LogP contribution in [0.1, 0.15) is 32.8 Å². The van der Waals surface area contributed by atoms with Gasteiger partial charge >= 0.3 is 0 Å². The summed E-state index contributed by atoms with van der Waals surface area (Å²) >= 11 is 0. The molecule has 1 aliphatic rings. The molecule has 1 aliphatic heterocycles. The Morgan fingerprint density at radius 1 is 1.03 bits per heavy atom. The normalized spacial score (nSPS) is 13.4. The minimum absolute atomic E-state index is 0.0123. The predicted molar refractivity (Wildman–Crippen MR) is 125 cm³/mol. The molecule has 0 bridgehead atoms. The number of non-ortho nitro benzene ring substituents is 1. The Kier molecular flexibility index (Phi) is 6.62. The zero-order valence-corrected chi connectivity index (χ0v) is 18.3. The van der Waals surface area contributed by atoms with Gasteiger partial charge in [0.05, 0.1) is 17.2 Å². The predicted octanol–water partition coefficient (Wildman–Crippen LogP) is 2.21. The van der Waals surface area contributed by atoms with E-state index in [0.29, 0.717) is 36.8 Å². The third-order valence-corrected chi connectivity index (χ3v) is 5.48. The second kappa shape index (κ2) is 9.94. The van der Waals surface area contributed by atoms with Crippen molar-refractivity contribution in [2.45, 2.75) is 13.0 Å². The highest BCUT2D eigenvalue weighted by Gasteiger charge is 2.25. The van der Waals surface area contributed by atoms with E-state index in [-0.39, 0.29) is 23.8 Å². The van der Waals surface area contributed by atoms with Gasteiger partial charge in [0.25, 0.3) is 17.5 Å². The molecule has 2 aromatic carbocycles. The van der Waals surface area contributed by atoms with E-state index >= 15 is 0 Å². The molecule has 174 valence electrons. The van der Waals surface area contributed by atoms with Gasteiger partial charge in [0.15, 0.2) is 11.5 Å². The number of hydrogen-bond acceptors (Lipinski definition) is 8. The number of nitro benzene ring substituents is 1. The first kappa shape index (κ1) is 22.6. The molecule has 1 saturated heterocycles. The summed E-state index contributed by atoms with van der Waals surface area (Å²) in [6, 6.07) is 16.2. The molecule has 3 aromatic rings. The lowest BCUT2D eigenvalue weighted by molar-refractivity contribution is -0.384. The highest BCUT2D eigenvalue weighted by Crippen LogP contribution is 2.19. The van der Waals surface area contributed by atoms with Crippen LogP contribution in [-0.2, 0) is 6.54 Å². The fourth-order valence-corrected chi connectivity index (χ4v) is 3.64. The number of nitrogen functional groups attached to an aromatic ring is 1. The maximum atomic E-state index is 12.9. The lowest BCUT2D eigenvalue weighted by atomic mass is 10.1. The van der Waals surface area contributed by atoms with Gasteiger partial charge in [-0.1, -0.05) is 24.3 Å². The van der Waals surface area contributed by atoms with Gasteiger partial charge in [-0.2, -0.15) is 0 Å². The molecule has 0 aliphatic carbocycles. The number of nitrogens with two attached hydrogens (primary N) is 1. The van der Waals surface area contributed by atoms with E-state index < -0.39 is 10.8 Å². The van der Waals surface area contributed by atoms with Crippen LogP contribution in [0.5, 0.6) is 0 Å². The van der Waals surface area contributed by atoms with Gasteiger partial charge in [-0.05, 0) is 36.2 Å². The standard InChI is InChI=1S/C23H23N7O4/c24-19-5-2-1-4-18(19)23(32)29-13-3-12-28(15-29)21-11-10-20(26-27-21)22(31)25-14-16-6-8-17(9-7-16)30(33)34/h1-2,4-11H,3,12-15,24H2,(H,25,31). The third-order valence-electron chi connectivity index (χ3n) is 5.48. The van der Waals surface area contributed by atoms with Crippen LogP contribution < -0.4 is 16.0 Å². The van der Waals surface area contributed by atoms with Crippen molar-refractivity contribution in [1.29, 1.82) is 0 Å². The van der Waals surface area contributed by atoms with Crippen molar-refractivity contribution < 1.29 is 14.5 Å². The highest BCUT2D eigenvalue weighted by molar-refractivity contribution is 5.99. The number of benzene rings is 2. The molecule has 1 fully saturated rings. The van der Waals surface area contributed by atoms with Gasteiger partial charge in [-0.15, -0.1) is 10.2 Å². The van der Waals surface area contributed by atoms with E-state index in [9.17, 15) is 19.7 Å². The molecule has 0 atom stereocenters. The van der Waals surface area contributed by atoms with Gasteiger partial charge in [0.2, 0.25) is 0 Å². The Hall–Kier alpha value is -4.54. The van der Waals surface area contributed by atoms with Crippen LogP contribution in [0, 0.1) is 10.1 Å². The first-order valence-corrected chi connectivity index (χ1v) is 10.7. The number of hydrogen-bond donors (Lipinski definition) is 2. The van der Waals surface area contributed by atoms with Crippen molar-refractivity contribution in [3.05, 3.63) is 87.6 Å². The van der Waals surface area contributed by atoms with Crippen molar-refractivity contribution in [3.8, 4) is 0 Å². The monoisotopic (exact) mass is 461 g/mol. The van der Waals surface area contributed by atoms with Crippen LogP contribution in [0.3, 0.4) is 0 Å². The van der Waals surface area contributed by atoms with Gasteiger partial charge < -0.3 is 20.9 Å². The average molecular weight is 461 g/mol. The van der Waals surface area contributed by atoms with Gasteiger partial charge in [0.1, 0.15) is 0 Å². The Morgan fingerprint density at radius 3 is 2.47 bits per heavy atom. The summed E-state index contributed by atoms with van der Waals surface area (Å²) in [5, 5.41) is 21.6. The van der Waals surface area contributed by atoms with Crippen molar-refractivity contribution in [2.75, 3.05) is 30.4 Å². The number of para-hydroxylation sites is 1. The van der Waals surface area contributed by atoms with Crippen LogP contribution >= 0.6 is 0 Å². The Balaban J connectivity index is 1.36. The van der Waals surface area contributed by atoms with Crippen molar-refractivity contribution in [3.63, 3.8) is 0 Å². The summed E-state index contributed by atoms with van der Waals surface area (Å²) in [6.07, 6.45) is 0.762. The molecule has 3 N–H and O–H groups in total. The van der Waals surface area contributed by atoms with Gasteiger partial charge in [-0.25, -0.2) is 0 Å². The molecule has 34 heavy (non-hydrogen) atoms. The summed E-state index contributed by atoms with van der Waals surface area (Å²) in [5.41, 5.74) is 7.71. The number of nitro groups is 1. The number of anilines is 2. The first-order valence-electron chi connectivity index (χ1n) is 10.7. The number of nitrogens with zero attached hydrogens (tertiary/aromatic N) is 5. The van der Waals surface area contributed by atoms with E-state index in [2.05, 4.69) is 15.5 Å². The lowest BCUT2D eigenvalue weighted by Gasteiger charge is -2.36. The van der Waals surface area contributed by atoms with E-state index in [0.717, 1.165) is 12.0 Å². The van der Waals surface area contributed by atoms with Crippen LogP contribution in [0.25, 0.3) is 0 Å². The second-order valence-corrected chi connectivity index (χ2v) is 7.80. The number of aromatic nitrogens is 2. The largest absolute Gasteiger partial charge is 0.398 e. The molecule has 0 unspecified atom stereocenters. The molecular weight excluding hydrogens is 438 g/mol. The fourth-order valence-electron chi connectivity index (χ4n) is 3.64. The summed E-state index contributed by atoms with van der Waals surface area (Å²) in [5.74, 6) is 0.0101. The zero-order valence-electron chi connectivity index (χ0n) is 18.3. The lowest BCUT2D eigenvalue weighted by Crippen LogP contribution is -2.48. The van der Waals surface area contributed by atoms with Crippen LogP contribution in [0.2, 0.25) is 0 Å². The van der Waals surface area contributed by atoms with Gasteiger partial charge in [0, 0.05) is 37.5 Å². The Labute approximate surface area is 195 Å². The average Bonchev–Trinajstić information content (AvgIpc) is 2.87. The van der Waals surface area contributed by atoms with E-state index in [4.69, 9.17) is 5.73 Å². The molecule has 0 spiro atoms. The highest BCUT2D eigenvalue weighted by atomic mass is 16.6. The molecule has 4 rings (SSSR count). The van der Waals surface area contributed by atoms with Crippen LogP contribution in [-0.4, -0.2) is 51.6 Å². The summed E-state index contributed by atoms with van der Waals surface area (Å²) in [6.45, 7) is 1.86. The molecule has 11 heteroatoms. The first-order chi connectivity index (χ1) is 16.4. The SMILES string of the molecule is Nc1ccccc1C(=O)N1CCCN(c2ccc(C(=O)NCc3ccc([N+](=O)[O-])cc3)nn2)C1. The van der Waals surface area contributed by atoms with E-state index in [1.165, 1.54) is 12.1 Å².